The zero-order valence-electron chi connectivity index (χ0n) is 20.1. The van der Waals surface area contributed by atoms with Crippen LogP contribution < -0.4 is 10.7 Å². The van der Waals surface area contributed by atoms with Gasteiger partial charge < -0.3 is 9.88 Å². The summed E-state index contributed by atoms with van der Waals surface area (Å²) in [5, 5.41) is 3.00. The van der Waals surface area contributed by atoms with Gasteiger partial charge in [0.1, 0.15) is 17.1 Å². The molecule has 0 unspecified atom stereocenters. The first-order valence-corrected chi connectivity index (χ1v) is 12.7. The molecule has 0 aliphatic rings. The molecule has 0 bridgehead atoms. The van der Waals surface area contributed by atoms with Crippen LogP contribution in [0.1, 0.15) is 27.9 Å². The second kappa shape index (κ2) is 9.46. The topological polar surface area (TPSA) is 98.1 Å². The second-order valence-corrected chi connectivity index (χ2v) is 10.7. The molecule has 4 rings (SSSR count). The fourth-order valence-electron chi connectivity index (χ4n) is 3.88. The highest BCUT2D eigenvalue weighted by atomic mass is 32.2. The number of fused-ring (bicyclic) bond motifs is 1. The first kappa shape index (κ1) is 24.3. The van der Waals surface area contributed by atoms with Gasteiger partial charge in [-0.05, 0) is 62.6 Å². The number of nitrogens with one attached hydrogen (secondary N) is 1. The predicted octanol–water partition coefficient (Wildman–Crippen LogP) is 3.78. The zero-order chi connectivity index (χ0) is 25.3. The van der Waals surface area contributed by atoms with Crippen molar-refractivity contribution in [2.75, 3.05) is 0 Å². The molecule has 0 spiro atoms. The van der Waals surface area contributed by atoms with Gasteiger partial charge >= 0.3 is 0 Å². The Hall–Kier alpha value is -3.78. The fraction of sp³-hybridized carbons (Fsp3) is 0.222. The van der Waals surface area contributed by atoms with Crippen LogP contribution in [0.3, 0.4) is 0 Å². The summed E-state index contributed by atoms with van der Waals surface area (Å²) in [7, 11) is -4.13. The van der Waals surface area contributed by atoms with Gasteiger partial charge in [-0.1, -0.05) is 42.0 Å². The Bertz CT molecular complexity index is 1600. The van der Waals surface area contributed by atoms with Gasteiger partial charge in [-0.2, -0.15) is 0 Å². The molecule has 8 heteroatoms. The van der Waals surface area contributed by atoms with Crippen LogP contribution in [0.25, 0.3) is 11.0 Å². The summed E-state index contributed by atoms with van der Waals surface area (Å²) < 4.78 is 28.6. The third-order valence-electron chi connectivity index (χ3n) is 5.87. The monoisotopic (exact) mass is 489 g/mol. The van der Waals surface area contributed by atoms with Gasteiger partial charge in [0.05, 0.1) is 10.3 Å². The maximum absolute atomic E-state index is 13.6. The Kier molecular flexibility index (Phi) is 6.58. The van der Waals surface area contributed by atoms with Crippen LogP contribution in [0.2, 0.25) is 0 Å². The van der Waals surface area contributed by atoms with Crippen molar-refractivity contribution in [1.29, 1.82) is 0 Å². The Morgan fingerprint density at radius 3 is 2.31 bits per heavy atom. The number of aryl methyl sites for hydroxylation is 4. The molecule has 0 radical (unpaired) electrons. The Labute approximate surface area is 204 Å². The average molecular weight is 490 g/mol. The maximum Gasteiger partial charge on any atom is 0.240 e. The smallest absolute Gasteiger partial charge is 0.240 e. The minimum atomic E-state index is -4.13. The lowest BCUT2D eigenvalue weighted by molar-refractivity contribution is -0.121. The van der Waals surface area contributed by atoms with E-state index in [4.69, 9.17) is 0 Å². The number of carbonyl (C=O) groups is 1. The van der Waals surface area contributed by atoms with E-state index in [1.54, 1.807) is 45.0 Å². The van der Waals surface area contributed by atoms with Crippen LogP contribution in [-0.2, 0) is 27.7 Å². The molecule has 1 N–H and O–H groups in total. The molecule has 7 nitrogen and oxygen atoms in total. The first-order valence-electron chi connectivity index (χ1n) is 11.2. The normalized spacial score (nSPS) is 11.5. The van der Waals surface area contributed by atoms with E-state index in [2.05, 4.69) is 10.3 Å². The highest BCUT2D eigenvalue weighted by Crippen LogP contribution is 2.24. The number of amides is 1. The van der Waals surface area contributed by atoms with Gasteiger partial charge in [-0.15, -0.1) is 0 Å². The summed E-state index contributed by atoms with van der Waals surface area (Å²) in [6.45, 7) is 7.39. The quantitative estimate of drug-likeness (QED) is 0.445. The lowest BCUT2D eigenvalue weighted by Crippen LogP contribution is -2.29. The molecule has 180 valence electrons. The molecule has 0 atom stereocenters. The summed E-state index contributed by atoms with van der Waals surface area (Å²) in [4.78, 5) is 30.2. The lowest BCUT2D eigenvalue weighted by atomic mass is 10.1. The summed E-state index contributed by atoms with van der Waals surface area (Å²) in [5.74, 6) is -0.325. The van der Waals surface area contributed by atoms with Gasteiger partial charge in [0.25, 0.3) is 0 Å². The molecule has 0 aliphatic carbocycles. The summed E-state index contributed by atoms with van der Waals surface area (Å²) in [5.41, 5.74) is 3.66. The number of pyridine rings is 2. The Balaban J connectivity index is 1.77. The van der Waals surface area contributed by atoms with Crippen molar-refractivity contribution >= 4 is 26.8 Å². The van der Waals surface area contributed by atoms with Gasteiger partial charge in [-0.25, -0.2) is 13.4 Å². The second-order valence-electron chi connectivity index (χ2n) is 8.81. The number of rotatable bonds is 6. The molecule has 1 amide bonds. The third-order valence-corrected chi connectivity index (χ3v) is 7.76. The van der Waals surface area contributed by atoms with Crippen molar-refractivity contribution in [2.45, 2.75) is 50.6 Å². The van der Waals surface area contributed by atoms with E-state index in [0.717, 1.165) is 16.7 Å². The molecular weight excluding hydrogens is 462 g/mol. The minimum absolute atomic E-state index is 0.0735. The highest BCUT2D eigenvalue weighted by molar-refractivity contribution is 7.91. The van der Waals surface area contributed by atoms with Crippen LogP contribution in [0, 0.1) is 27.7 Å². The lowest BCUT2D eigenvalue weighted by Gasteiger charge is -2.15. The first-order chi connectivity index (χ1) is 16.6. The number of aromatic nitrogens is 2. The Morgan fingerprint density at radius 2 is 1.60 bits per heavy atom. The van der Waals surface area contributed by atoms with E-state index in [1.807, 2.05) is 37.3 Å². The number of carbonyl (C=O) groups excluding carboxylic acids is 1. The van der Waals surface area contributed by atoms with Crippen LogP contribution in [0.15, 0.2) is 75.4 Å². The Morgan fingerprint density at radius 1 is 0.914 bits per heavy atom. The number of hydrogen-bond donors (Lipinski definition) is 1. The number of sulfone groups is 1. The van der Waals surface area contributed by atoms with Crippen LogP contribution in [-0.4, -0.2) is 23.9 Å². The SMILES string of the molecule is Cc1ccc(CNC(=O)Cn2cc(S(=O)(=O)c3cc(C)ccc3C)c(=O)c3ccc(C)nc32)cc1. The van der Waals surface area contributed by atoms with E-state index in [9.17, 15) is 18.0 Å². The average Bonchev–Trinajstić information content (AvgIpc) is 2.81. The van der Waals surface area contributed by atoms with Crippen LogP contribution in [0.5, 0.6) is 0 Å². The molecule has 4 aromatic rings. The number of nitrogens with zero attached hydrogens (tertiary/aromatic N) is 2. The van der Waals surface area contributed by atoms with Crippen LogP contribution in [0.4, 0.5) is 0 Å². The molecule has 0 saturated carbocycles. The van der Waals surface area contributed by atoms with Gasteiger partial charge in [0.2, 0.25) is 21.2 Å². The summed E-state index contributed by atoms with van der Waals surface area (Å²) in [6, 6.07) is 16.1. The van der Waals surface area contributed by atoms with Gasteiger partial charge in [0.15, 0.2) is 0 Å². The summed E-state index contributed by atoms with van der Waals surface area (Å²) >= 11 is 0. The van der Waals surface area contributed by atoms with Crippen molar-refractivity contribution in [1.82, 2.24) is 14.9 Å². The van der Waals surface area contributed by atoms with Crippen molar-refractivity contribution in [3.05, 3.63) is 99.0 Å². The number of hydrogen-bond acceptors (Lipinski definition) is 5. The van der Waals surface area contributed by atoms with E-state index in [0.29, 0.717) is 17.8 Å². The molecular formula is C27H27N3O4S. The predicted molar refractivity (Wildman–Crippen MR) is 135 cm³/mol. The van der Waals surface area contributed by atoms with Gasteiger partial charge in [-0.3, -0.25) is 9.59 Å². The summed E-state index contributed by atoms with van der Waals surface area (Å²) in [6.07, 6.45) is 1.24. The van der Waals surface area contributed by atoms with Crippen LogP contribution >= 0.6 is 0 Å². The van der Waals surface area contributed by atoms with E-state index >= 15 is 0 Å². The molecule has 0 saturated heterocycles. The third kappa shape index (κ3) is 5.02. The molecule has 2 heterocycles. The molecule has 35 heavy (non-hydrogen) atoms. The standard InChI is InChI=1S/C27H27N3O4S/c1-17-6-10-21(11-7-17)14-28-25(31)16-30-15-24(26(32)22-12-9-20(4)29-27(22)30)35(33,34)23-13-18(2)5-8-19(23)3/h5-13,15H,14,16H2,1-4H3,(H,28,31). The molecule has 2 aromatic heterocycles. The van der Waals surface area contributed by atoms with Gasteiger partial charge in [0, 0.05) is 18.4 Å². The number of benzene rings is 2. The minimum Gasteiger partial charge on any atom is -0.350 e. The molecule has 0 aliphatic heterocycles. The largest absolute Gasteiger partial charge is 0.350 e. The zero-order valence-corrected chi connectivity index (χ0v) is 20.9. The van der Waals surface area contributed by atoms with Crippen molar-refractivity contribution in [3.8, 4) is 0 Å². The van der Waals surface area contributed by atoms with E-state index in [-0.39, 0.29) is 33.3 Å². The molecule has 0 fully saturated rings. The van der Waals surface area contributed by atoms with E-state index in [1.165, 1.54) is 10.8 Å². The fourth-order valence-corrected chi connectivity index (χ4v) is 5.57. The van der Waals surface area contributed by atoms with Crippen molar-refractivity contribution in [2.24, 2.45) is 0 Å². The van der Waals surface area contributed by atoms with Crippen molar-refractivity contribution < 1.29 is 13.2 Å². The van der Waals surface area contributed by atoms with E-state index < -0.39 is 15.3 Å². The molecule has 2 aromatic carbocycles. The highest BCUT2D eigenvalue weighted by Gasteiger charge is 2.26. The maximum atomic E-state index is 13.6. The van der Waals surface area contributed by atoms with Crippen molar-refractivity contribution in [3.63, 3.8) is 0 Å².